The van der Waals surface area contributed by atoms with Crippen LogP contribution in [0, 0.1) is 11.3 Å². The van der Waals surface area contributed by atoms with Gasteiger partial charge in [-0.2, -0.15) is 0 Å². The highest BCUT2D eigenvalue weighted by Gasteiger charge is 2.46. The number of carbonyl (C=O) groups excluding carboxylic acids is 2. The molecule has 6 nitrogen and oxygen atoms in total. The Kier molecular flexibility index (Phi) is 9.27. The summed E-state index contributed by atoms with van der Waals surface area (Å²) < 4.78 is 22.2. The zero-order chi connectivity index (χ0) is 20.8. The predicted molar refractivity (Wildman–Crippen MR) is 101 cm³/mol. The number of carbonyl (C=O) groups is 2. The summed E-state index contributed by atoms with van der Waals surface area (Å²) in [5, 5.41) is 0. The Labute approximate surface area is 158 Å². The molecule has 0 rings (SSSR count). The van der Waals surface area contributed by atoms with Gasteiger partial charge in [0.25, 0.3) is 0 Å². The third-order valence-electron chi connectivity index (χ3n) is 5.07. The summed E-state index contributed by atoms with van der Waals surface area (Å²) in [4.78, 5) is 23.9. The second-order valence-electron chi connectivity index (χ2n) is 8.60. The van der Waals surface area contributed by atoms with Crippen molar-refractivity contribution in [1.82, 2.24) is 0 Å². The van der Waals surface area contributed by atoms with E-state index in [1.807, 2.05) is 34.6 Å². The van der Waals surface area contributed by atoms with Crippen molar-refractivity contribution >= 4 is 11.9 Å². The van der Waals surface area contributed by atoms with Crippen molar-refractivity contribution in [2.24, 2.45) is 11.3 Å². The molecule has 0 radical (unpaired) electrons. The van der Waals surface area contributed by atoms with Crippen LogP contribution in [0.3, 0.4) is 0 Å². The molecular formula is C20H38O6. The maximum absolute atomic E-state index is 12.7. The van der Waals surface area contributed by atoms with Crippen LogP contribution in [0.4, 0.5) is 0 Å². The van der Waals surface area contributed by atoms with Crippen LogP contribution in [0.2, 0.25) is 0 Å². The molecule has 0 aromatic carbocycles. The van der Waals surface area contributed by atoms with Crippen molar-refractivity contribution in [3.63, 3.8) is 0 Å². The number of esters is 2. The molecule has 0 aromatic heterocycles. The Bertz CT molecular complexity index is 465. The van der Waals surface area contributed by atoms with Crippen LogP contribution in [-0.2, 0) is 28.5 Å². The molecule has 0 aliphatic carbocycles. The van der Waals surface area contributed by atoms with Gasteiger partial charge < -0.3 is 18.9 Å². The van der Waals surface area contributed by atoms with E-state index in [0.29, 0.717) is 13.2 Å². The molecule has 0 spiro atoms. The smallest absolute Gasteiger partial charge is 0.314 e. The molecule has 26 heavy (non-hydrogen) atoms. The summed E-state index contributed by atoms with van der Waals surface area (Å²) in [6.07, 6.45) is 0.141. The first-order valence-corrected chi connectivity index (χ1v) is 9.26. The molecule has 6 heteroatoms. The minimum Gasteiger partial charge on any atom is -0.465 e. The van der Waals surface area contributed by atoms with Crippen LogP contribution in [-0.4, -0.2) is 49.1 Å². The lowest BCUT2D eigenvalue weighted by atomic mass is 9.77. The maximum atomic E-state index is 12.7. The fraction of sp³-hybridized carbons (Fsp3) is 0.900. The van der Waals surface area contributed by atoms with Crippen molar-refractivity contribution in [1.29, 1.82) is 0 Å². The number of ether oxygens (including phenoxy) is 4. The van der Waals surface area contributed by atoms with E-state index in [-0.39, 0.29) is 30.6 Å². The van der Waals surface area contributed by atoms with E-state index < -0.39 is 16.6 Å². The Hall–Kier alpha value is -1.14. The van der Waals surface area contributed by atoms with Crippen LogP contribution >= 0.6 is 0 Å². The van der Waals surface area contributed by atoms with E-state index in [2.05, 4.69) is 0 Å². The van der Waals surface area contributed by atoms with Crippen LogP contribution in [0.25, 0.3) is 0 Å². The molecule has 0 aromatic rings. The molecule has 0 heterocycles. The predicted octanol–water partition coefficient (Wildman–Crippen LogP) is 3.75. The number of hydrogen-bond acceptors (Lipinski definition) is 6. The third-order valence-corrected chi connectivity index (χ3v) is 5.07. The zero-order valence-corrected chi connectivity index (χ0v) is 18.2. The maximum Gasteiger partial charge on any atom is 0.314 e. The molecule has 1 unspecified atom stereocenters. The van der Waals surface area contributed by atoms with Crippen molar-refractivity contribution in [3.8, 4) is 0 Å². The van der Waals surface area contributed by atoms with Gasteiger partial charge in [-0.3, -0.25) is 9.59 Å². The average Bonchev–Trinajstić information content (AvgIpc) is 2.46. The van der Waals surface area contributed by atoms with Crippen molar-refractivity contribution < 1.29 is 28.5 Å². The molecule has 0 saturated heterocycles. The van der Waals surface area contributed by atoms with E-state index >= 15 is 0 Å². The van der Waals surface area contributed by atoms with Gasteiger partial charge in [0.2, 0.25) is 0 Å². The standard InChI is InChI=1S/C20H38O6/c1-14(2)23-11-12-25-20(9,10)18(5,6)17(22)24-13-15(3)19(7,8)26-16(4)21/h14-15H,11-13H2,1-10H3. The van der Waals surface area contributed by atoms with Gasteiger partial charge in [-0.25, -0.2) is 0 Å². The van der Waals surface area contributed by atoms with Gasteiger partial charge in [-0.05, 0) is 55.4 Å². The Morgan fingerprint density at radius 3 is 1.92 bits per heavy atom. The molecule has 0 N–H and O–H groups in total. The van der Waals surface area contributed by atoms with Crippen LogP contribution in [0.5, 0.6) is 0 Å². The topological polar surface area (TPSA) is 71.1 Å². The van der Waals surface area contributed by atoms with E-state index in [9.17, 15) is 9.59 Å². The van der Waals surface area contributed by atoms with Gasteiger partial charge in [0.15, 0.2) is 0 Å². The average molecular weight is 375 g/mol. The highest BCUT2D eigenvalue weighted by atomic mass is 16.6. The quantitative estimate of drug-likeness (QED) is 0.405. The van der Waals surface area contributed by atoms with E-state index in [4.69, 9.17) is 18.9 Å². The largest absolute Gasteiger partial charge is 0.465 e. The first-order valence-electron chi connectivity index (χ1n) is 9.26. The van der Waals surface area contributed by atoms with Crippen LogP contribution in [0.1, 0.15) is 69.2 Å². The number of rotatable bonds is 11. The summed E-state index contributed by atoms with van der Waals surface area (Å²) in [5.41, 5.74) is -2.29. The molecule has 0 bridgehead atoms. The van der Waals surface area contributed by atoms with E-state index in [1.165, 1.54) is 6.92 Å². The summed E-state index contributed by atoms with van der Waals surface area (Å²) in [6.45, 7) is 19.2. The molecule has 0 aliphatic rings. The van der Waals surface area contributed by atoms with E-state index in [1.54, 1.807) is 27.7 Å². The summed E-state index contributed by atoms with van der Waals surface area (Å²) in [6, 6.07) is 0. The van der Waals surface area contributed by atoms with Gasteiger partial charge in [0.05, 0.1) is 36.9 Å². The monoisotopic (exact) mass is 374 g/mol. The van der Waals surface area contributed by atoms with Gasteiger partial charge in [0, 0.05) is 12.8 Å². The van der Waals surface area contributed by atoms with Crippen molar-refractivity contribution in [2.45, 2.75) is 86.5 Å². The second-order valence-corrected chi connectivity index (χ2v) is 8.60. The third kappa shape index (κ3) is 7.62. The summed E-state index contributed by atoms with van der Waals surface area (Å²) in [7, 11) is 0. The molecule has 1 atom stereocenters. The summed E-state index contributed by atoms with van der Waals surface area (Å²) >= 11 is 0. The Balaban J connectivity index is 4.72. The Morgan fingerprint density at radius 2 is 1.46 bits per heavy atom. The van der Waals surface area contributed by atoms with Gasteiger partial charge in [-0.15, -0.1) is 0 Å². The van der Waals surface area contributed by atoms with Gasteiger partial charge in [0.1, 0.15) is 5.60 Å². The highest BCUT2D eigenvalue weighted by molar-refractivity contribution is 5.77. The fourth-order valence-electron chi connectivity index (χ4n) is 2.06. The normalized spacial score (nSPS) is 14.3. The zero-order valence-electron chi connectivity index (χ0n) is 18.2. The Morgan fingerprint density at radius 1 is 0.923 bits per heavy atom. The molecule has 0 aliphatic heterocycles. The number of hydrogen-bond donors (Lipinski definition) is 0. The minimum absolute atomic E-state index is 0.141. The fourth-order valence-corrected chi connectivity index (χ4v) is 2.06. The molecule has 0 amide bonds. The van der Waals surface area contributed by atoms with E-state index in [0.717, 1.165) is 0 Å². The molecule has 154 valence electrons. The highest BCUT2D eigenvalue weighted by Crippen LogP contribution is 2.35. The second kappa shape index (κ2) is 9.70. The first kappa shape index (κ1) is 24.9. The molecule has 0 fully saturated rings. The lowest BCUT2D eigenvalue weighted by Gasteiger charge is -2.40. The van der Waals surface area contributed by atoms with Gasteiger partial charge >= 0.3 is 11.9 Å². The SMILES string of the molecule is CC(=O)OC(C)(C)C(C)COC(=O)C(C)(C)C(C)(C)OCCOC(C)C. The lowest BCUT2D eigenvalue weighted by molar-refractivity contribution is -0.181. The van der Waals surface area contributed by atoms with Gasteiger partial charge in [-0.1, -0.05) is 6.92 Å². The first-order chi connectivity index (χ1) is 11.6. The summed E-state index contributed by atoms with van der Waals surface area (Å²) in [5.74, 6) is -0.848. The van der Waals surface area contributed by atoms with Crippen LogP contribution in [0.15, 0.2) is 0 Å². The molecular weight excluding hydrogens is 336 g/mol. The molecule has 0 saturated carbocycles. The minimum atomic E-state index is -0.851. The van der Waals surface area contributed by atoms with Crippen molar-refractivity contribution in [2.75, 3.05) is 19.8 Å². The van der Waals surface area contributed by atoms with Crippen LogP contribution < -0.4 is 0 Å². The van der Waals surface area contributed by atoms with Crippen molar-refractivity contribution in [3.05, 3.63) is 0 Å². The lowest BCUT2D eigenvalue weighted by Crippen LogP contribution is -2.49.